The molecule has 0 aromatic rings. The fourth-order valence-electron chi connectivity index (χ4n) is 7.96. The van der Waals surface area contributed by atoms with E-state index in [1.165, 1.54) is 38.6 Å². The first-order valence-electron chi connectivity index (χ1n) is 23.2. The summed E-state index contributed by atoms with van der Waals surface area (Å²) >= 11 is 9.53. The lowest BCUT2D eigenvalue weighted by Crippen LogP contribution is -2.47. The Morgan fingerprint density at radius 1 is 0.600 bits per heavy atom. The van der Waals surface area contributed by atoms with Crippen LogP contribution < -0.4 is 0 Å². The molecule has 0 unspecified atom stereocenters. The Morgan fingerprint density at radius 2 is 0.985 bits per heavy atom. The molecule has 2 atom stereocenters. The minimum Gasteiger partial charge on any atom is -0.294 e. The van der Waals surface area contributed by atoms with Gasteiger partial charge in [0.05, 0.1) is 21.5 Å². The van der Waals surface area contributed by atoms with Crippen molar-refractivity contribution in [2.75, 3.05) is 5.34 Å². The van der Waals surface area contributed by atoms with Crippen molar-refractivity contribution in [1.29, 1.82) is 0 Å². The van der Waals surface area contributed by atoms with Crippen LogP contribution in [0.5, 0.6) is 0 Å². The average molecular weight is 1010 g/mol. The SMILES string of the molecule is C=C(C)C(=C)C.CC1=C(C)CC([Si](C)(C)C)=C(C(=O)C#C[Si](C)(C)C)C1.CC1=C(C)CC2=C(C1)C(=O)[C@@H]1CC(C)=C(C)C[C@]21[Si](C)(C)C.C[Si](C)(C)C#CC(=O)C#C[Si](C)(C)C.ClCCl. The Bertz CT molecular complexity index is 2170. The van der Waals surface area contributed by atoms with Crippen LogP contribution in [-0.4, -0.2) is 63.1 Å². The number of carbonyl (C=O) groups is 3. The van der Waals surface area contributed by atoms with Gasteiger partial charge in [0.15, 0.2) is 5.78 Å². The molecule has 0 aliphatic heterocycles. The van der Waals surface area contributed by atoms with Crippen molar-refractivity contribution < 1.29 is 14.4 Å². The van der Waals surface area contributed by atoms with Crippen LogP contribution >= 0.6 is 23.2 Å². The molecule has 0 fully saturated rings. The average Bonchev–Trinajstić information content (AvgIpc) is 3.36. The number of carbonyl (C=O) groups excluding carboxylic acids is 3. The third kappa shape index (κ3) is 20.3. The van der Waals surface area contributed by atoms with Crippen LogP contribution in [0.3, 0.4) is 0 Å². The smallest absolute Gasteiger partial charge is 0.277 e. The van der Waals surface area contributed by atoms with Crippen molar-refractivity contribution in [2.45, 2.75) is 197 Å². The first kappa shape index (κ1) is 62.5. The van der Waals surface area contributed by atoms with Crippen LogP contribution in [0.2, 0.25) is 103 Å². The van der Waals surface area contributed by atoms with E-state index in [1.54, 1.807) is 11.1 Å². The summed E-state index contributed by atoms with van der Waals surface area (Å²) in [4.78, 5) is 37.0. The molecule has 0 spiro atoms. The molecule has 360 valence electrons. The van der Waals surface area contributed by atoms with E-state index in [4.69, 9.17) is 23.2 Å². The third-order valence-electron chi connectivity index (χ3n) is 12.4. The summed E-state index contributed by atoms with van der Waals surface area (Å²) in [5, 5.41) is 1.79. The zero-order chi connectivity index (χ0) is 51.4. The molecule has 0 N–H and O–H groups in total. The van der Waals surface area contributed by atoms with E-state index in [0.717, 1.165) is 55.2 Å². The lowest BCUT2D eigenvalue weighted by Gasteiger charge is -2.50. The van der Waals surface area contributed by atoms with E-state index in [0.29, 0.717) is 5.78 Å². The Balaban J connectivity index is 0.000000880. The fraction of sp³-hybridized carbons (Fsp3) is 0.582. The Kier molecular flexibility index (Phi) is 24.3. The van der Waals surface area contributed by atoms with Crippen LogP contribution in [0.4, 0.5) is 0 Å². The number of halogens is 2. The standard InChI is InChI=1S/C20H30OSi.C17H28OSi2.C11H18OSi2.C6H10.CH2Cl2/c1-12-8-16-17(9-13(12)2)20(22(5,6)7)11-15(4)14(3)10-18(20)19(16)21;1-13-11-15(16(18)9-10-19(3,4)5)17(12-14(13)2)20(6,7)8;1-13(2,3)9-7-11(12)8-10-14(4,5)6;1-5(2)6(3)4;2-1-3/h18H,8-11H2,1-7H3;11-12H2,1-8H3;1-6H3;1,3H2,2,4H3;1H2/t18-,20-;;;;/m0..../s1. The van der Waals surface area contributed by atoms with Crippen molar-refractivity contribution in [1.82, 2.24) is 0 Å². The minimum atomic E-state index is -1.52. The predicted octanol–water partition coefficient (Wildman–Crippen LogP) is 16.4. The zero-order valence-corrected chi connectivity index (χ0v) is 51.9. The minimum absolute atomic E-state index is 0.0803. The summed E-state index contributed by atoms with van der Waals surface area (Å²) in [5.74, 6) is 8.77. The maximum Gasteiger partial charge on any atom is 0.277 e. The lowest BCUT2D eigenvalue weighted by molar-refractivity contribution is -0.119. The predicted molar refractivity (Wildman–Crippen MR) is 304 cm³/mol. The van der Waals surface area contributed by atoms with E-state index in [9.17, 15) is 14.4 Å². The Hall–Kier alpha value is -2.47. The summed E-state index contributed by atoms with van der Waals surface area (Å²) in [6, 6.07) is 0. The second-order valence-corrected chi connectivity index (χ2v) is 49.4. The van der Waals surface area contributed by atoms with Crippen LogP contribution in [0.25, 0.3) is 0 Å². The van der Waals surface area contributed by atoms with Gasteiger partial charge in [-0.3, -0.25) is 14.4 Å². The van der Waals surface area contributed by atoms with Gasteiger partial charge in [0.2, 0.25) is 5.78 Å². The molecular weight excluding hydrogens is 920 g/mol. The summed E-state index contributed by atoms with van der Waals surface area (Å²) in [6.07, 6.45) is 5.90. The van der Waals surface area contributed by atoms with E-state index >= 15 is 0 Å². The molecule has 0 aromatic heterocycles. The van der Waals surface area contributed by atoms with E-state index < -0.39 is 40.4 Å². The van der Waals surface area contributed by atoms with Gasteiger partial charge in [0.1, 0.15) is 24.2 Å². The van der Waals surface area contributed by atoms with Gasteiger partial charge in [-0.1, -0.05) is 167 Å². The highest BCUT2D eigenvalue weighted by Gasteiger charge is 2.60. The number of rotatable bonds is 4. The van der Waals surface area contributed by atoms with Gasteiger partial charge in [0, 0.05) is 16.5 Å². The summed E-state index contributed by atoms with van der Waals surface area (Å²) in [7, 11) is -7.33. The normalized spacial score (nSPS) is 19.6. The highest BCUT2D eigenvalue weighted by molar-refractivity contribution is 6.85. The fourth-order valence-corrected chi connectivity index (χ4v) is 14.5. The van der Waals surface area contributed by atoms with Crippen LogP contribution in [0, 0.1) is 40.3 Å². The van der Waals surface area contributed by atoms with Gasteiger partial charge >= 0.3 is 0 Å². The summed E-state index contributed by atoms with van der Waals surface area (Å²) in [6.45, 7) is 58.2. The molecule has 0 heterocycles. The topological polar surface area (TPSA) is 51.2 Å². The molecule has 4 aliphatic carbocycles. The molecule has 0 saturated heterocycles. The highest BCUT2D eigenvalue weighted by atomic mass is 35.5. The molecule has 4 aliphatic rings. The van der Waals surface area contributed by atoms with Crippen molar-refractivity contribution in [3.8, 4) is 34.4 Å². The second kappa shape index (κ2) is 25.2. The highest BCUT2D eigenvalue weighted by Crippen LogP contribution is 2.67. The second-order valence-electron chi connectivity index (χ2n) is 23.9. The number of alkyl halides is 2. The molecule has 0 bridgehead atoms. The number of Topliss-reactive ketones (excluding diaryl/α,β-unsaturated/α-hetero) is 3. The zero-order valence-electron chi connectivity index (χ0n) is 45.4. The molecule has 0 radical (unpaired) electrons. The molecule has 10 heteroatoms. The van der Waals surface area contributed by atoms with Gasteiger partial charge in [-0.25, -0.2) is 0 Å². The van der Waals surface area contributed by atoms with Crippen molar-refractivity contribution in [2.24, 2.45) is 5.92 Å². The van der Waals surface area contributed by atoms with Gasteiger partial charge in [-0.15, -0.1) is 39.8 Å². The number of hydrogen-bond acceptors (Lipinski definition) is 3. The molecule has 0 amide bonds. The number of allylic oxidation sites excluding steroid dienone is 12. The van der Waals surface area contributed by atoms with Crippen LogP contribution in [0.15, 0.2) is 79.7 Å². The molecule has 65 heavy (non-hydrogen) atoms. The van der Waals surface area contributed by atoms with E-state index in [-0.39, 0.29) is 27.9 Å². The number of ketones is 3. The first-order valence-corrected chi connectivity index (χ1v) is 41.8. The number of hydrogen-bond donors (Lipinski definition) is 0. The van der Waals surface area contributed by atoms with Gasteiger partial charge in [0.25, 0.3) is 5.78 Å². The molecular formula is C55H88Cl2O3Si5. The van der Waals surface area contributed by atoms with Gasteiger partial charge in [-0.05, 0) is 117 Å². The maximum atomic E-state index is 13.2. The maximum absolute atomic E-state index is 13.2. The monoisotopic (exact) mass is 1010 g/mol. The Morgan fingerprint density at radius 3 is 1.37 bits per heavy atom. The van der Waals surface area contributed by atoms with Crippen molar-refractivity contribution in [3.63, 3.8) is 0 Å². The molecule has 4 rings (SSSR count). The summed E-state index contributed by atoms with van der Waals surface area (Å²) in [5.41, 5.74) is 23.9. The lowest BCUT2D eigenvalue weighted by atomic mass is 9.73. The van der Waals surface area contributed by atoms with Gasteiger partial charge < -0.3 is 0 Å². The first-order chi connectivity index (χ1) is 29.2. The van der Waals surface area contributed by atoms with E-state index in [2.05, 4.69) is 187 Å². The molecule has 0 saturated carbocycles. The number of fused-ring (bicyclic) bond motifs is 2. The quantitative estimate of drug-likeness (QED) is 0.0927. The van der Waals surface area contributed by atoms with E-state index in [1.807, 2.05) is 13.8 Å². The van der Waals surface area contributed by atoms with Gasteiger partial charge in [-0.2, -0.15) is 0 Å². The summed E-state index contributed by atoms with van der Waals surface area (Å²) < 4.78 is 0. The van der Waals surface area contributed by atoms with Crippen LogP contribution in [-0.2, 0) is 14.4 Å². The Labute approximate surface area is 415 Å². The molecule has 0 aromatic carbocycles. The van der Waals surface area contributed by atoms with Crippen LogP contribution in [0.1, 0.15) is 93.9 Å². The molecule has 3 nitrogen and oxygen atoms in total. The van der Waals surface area contributed by atoms with Crippen molar-refractivity contribution in [3.05, 3.63) is 79.7 Å². The largest absolute Gasteiger partial charge is 0.294 e. The van der Waals surface area contributed by atoms with Crippen molar-refractivity contribution >= 4 is 80.9 Å². The third-order valence-corrected chi connectivity index (χ3v) is 20.8.